The van der Waals surface area contributed by atoms with Crippen molar-refractivity contribution in [3.63, 3.8) is 0 Å². The number of para-hydroxylation sites is 2. The summed E-state index contributed by atoms with van der Waals surface area (Å²) in [7, 11) is 3.10. The van der Waals surface area contributed by atoms with Gasteiger partial charge in [0.2, 0.25) is 0 Å². The molecule has 0 aliphatic carbocycles. The molecule has 21 heavy (non-hydrogen) atoms. The van der Waals surface area contributed by atoms with Gasteiger partial charge in [-0.2, -0.15) is 0 Å². The highest BCUT2D eigenvalue weighted by Crippen LogP contribution is 2.31. The summed E-state index contributed by atoms with van der Waals surface area (Å²) < 4.78 is 10.5. The highest BCUT2D eigenvalue weighted by atomic mass is 16.5. The number of rotatable bonds is 5. The Hall–Kier alpha value is -2.75. The van der Waals surface area contributed by atoms with Gasteiger partial charge in [-0.05, 0) is 30.4 Å². The zero-order chi connectivity index (χ0) is 15.2. The number of hydrogen-bond acceptors (Lipinski definition) is 4. The van der Waals surface area contributed by atoms with Crippen LogP contribution in [0, 0.1) is 0 Å². The van der Waals surface area contributed by atoms with Gasteiger partial charge in [0.25, 0.3) is 0 Å². The van der Waals surface area contributed by atoms with Crippen molar-refractivity contribution in [2.45, 2.75) is 0 Å². The molecular formula is C17H16O4. The van der Waals surface area contributed by atoms with E-state index in [2.05, 4.69) is 0 Å². The zero-order valence-electron chi connectivity index (χ0n) is 11.9. The molecule has 2 aromatic rings. The standard InChI is InChI=1S/C17H16O4/c1-20-16-9-5-6-12(17(16)21-2)10-11-15(19)13-7-3-4-8-14(13)18/h3-11,18H,1-2H3/b11-10+. The first-order valence-corrected chi connectivity index (χ1v) is 6.38. The Morgan fingerprint density at radius 3 is 2.48 bits per heavy atom. The second kappa shape index (κ2) is 6.61. The maximum atomic E-state index is 12.1. The fourth-order valence-corrected chi connectivity index (χ4v) is 1.98. The molecule has 0 radical (unpaired) electrons. The molecule has 0 unspecified atom stereocenters. The van der Waals surface area contributed by atoms with Gasteiger partial charge in [0.05, 0.1) is 19.8 Å². The van der Waals surface area contributed by atoms with Crippen LogP contribution in [0.15, 0.2) is 48.5 Å². The molecule has 1 N–H and O–H groups in total. The van der Waals surface area contributed by atoms with Crippen LogP contribution in [0.3, 0.4) is 0 Å². The number of allylic oxidation sites excluding steroid dienone is 1. The number of benzene rings is 2. The summed E-state index contributed by atoms with van der Waals surface area (Å²) >= 11 is 0. The van der Waals surface area contributed by atoms with Gasteiger partial charge < -0.3 is 14.6 Å². The second-order valence-electron chi connectivity index (χ2n) is 4.30. The van der Waals surface area contributed by atoms with E-state index in [4.69, 9.17) is 9.47 Å². The summed E-state index contributed by atoms with van der Waals surface area (Å²) in [6.07, 6.45) is 3.03. The van der Waals surface area contributed by atoms with Crippen LogP contribution in [0.2, 0.25) is 0 Å². The van der Waals surface area contributed by atoms with Crippen molar-refractivity contribution in [1.82, 2.24) is 0 Å². The van der Waals surface area contributed by atoms with Crippen molar-refractivity contribution in [1.29, 1.82) is 0 Å². The van der Waals surface area contributed by atoms with Gasteiger partial charge in [-0.3, -0.25) is 4.79 Å². The first-order valence-electron chi connectivity index (χ1n) is 6.38. The number of aromatic hydroxyl groups is 1. The quantitative estimate of drug-likeness (QED) is 0.676. The minimum Gasteiger partial charge on any atom is -0.507 e. The first-order chi connectivity index (χ1) is 10.2. The van der Waals surface area contributed by atoms with Gasteiger partial charge in [-0.25, -0.2) is 0 Å². The average molecular weight is 284 g/mol. The van der Waals surface area contributed by atoms with E-state index in [-0.39, 0.29) is 17.1 Å². The molecule has 108 valence electrons. The van der Waals surface area contributed by atoms with Crippen molar-refractivity contribution in [2.24, 2.45) is 0 Å². The molecule has 0 spiro atoms. The molecule has 0 aliphatic rings. The van der Waals surface area contributed by atoms with Crippen LogP contribution in [-0.4, -0.2) is 25.1 Å². The molecule has 0 atom stereocenters. The third kappa shape index (κ3) is 3.23. The van der Waals surface area contributed by atoms with Crippen LogP contribution >= 0.6 is 0 Å². The maximum Gasteiger partial charge on any atom is 0.189 e. The van der Waals surface area contributed by atoms with E-state index in [1.54, 1.807) is 44.6 Å². The molecule has 4 nitrogen and oxygen atoms in total. The molecule has 0 heterocycles. The number of carbonyl (C=O) groups is 1. The zero-order valence-corrected chi connectivity index (χ0v) is 11.9. The third-order valence-corrected chi connectivity index (χ3v) is 3.02. The predicted molar refractivity (Wildman–Crippen MR) is 81.0 cm³/mol. The van der Waals surface area contributed by atoms with Crippen LogP contribution in [0.4, 0.5) is 0 Å². The number of phenols is 1. The van der Waals surface area contributed by atoms with Crippen LogP contribution in [-0.2, 0) is 0 Å². The number of hydrogen-bond donors (Lipinski definition) is 1. The predicted octanol–water partition coefficient (Wildman–Crippen LogP) is 3.31. The Balaban J connectivity index is 2.30. The van der Waals surface area contributed by atoms with Crippen LogP contribution in [0.25, 0.3) is 6.08 Å². The summed E-state index contributed by atoms with van der Waals surface area (Å²) in [5.41, 5.74) is 0.983. The second-order valence-corrected chi connectivity index (χ2v) is 4.30. The van der Waals surface area contributed by atoms with E-state index in [1.165, 1.54) is 12.1 Å². The summed E-state index contributed by atoms with van der Waals surface area (Å²) in [6.45, 7) is 0. The van der Waals surface area contributed by atoms with Gasteiger partial charge in [-0.1, -0.05) is 24.3 Å². The fraction of sp³-hybridized carbons (Fsp3) is 0.118. The Morgan fingerprint density at radius 1 is 1.05 bits per heavy atom. The van der Waals surface area contributed by atoms with Crippen LogP contribution in [0.5, 0.6) is 17.2 Å². The van der Waals surface area contributed by atoms with Gasteiger partial charge in [0.1, 0.15) is 5.75 Å². The van der Waals surface area contributed by atoms with E-state index in [0.717, 1.165) is 5.56 Å². The molecule has 4 heteroatoms. The van der Waals surface area contributed by atoms with Gasteiger partial charge in [0, 0.05) is 5.56 Å². The number of ether oxygens (including phenoxy) is 2. The number of ketones is 1. The molecular weight excluding hydrogens is 268 g/mol. The SMILES string of the molecule is COc1cccc(/C=C/C(=O)c2ccccc2O)c1OC. The Bertz CT molecular complexity index is 674. The fourth-order valence-electron chi connectivity index (χ4n) is 1.98. The summed E-state index contributed by atoms with van der Waals surface area (Å²) in [5.74, 6) is 0.832. The van der Waals surface area contributed by atoms with Crippen molar-refractivity contribution < 1.29 is 19.4 Å². The Morgan fingerprint density at radius 2 is 1.81 bits per heavy atom. The number of carbonyl (C=O) groups excluding carboxylic acids is 1. The normalized spacial score (nSPS) is 10.6. The van der Waals surface area contributed by atoms with Crippen molar-refractivity contribution in [3.05, 3.63) is 59.7 Å². The van der Waals surface area contributed by atoms with Gasteiger partial charge >= 0.3 is 0 Å². The van der Waals surface area contributed by atoms with E-state index in [9.17, 15) is 9.90 Å². The highest BCUT2D eigenvalue weighted by Gasteiger charge is 2.09. The number of phenolic OH excluding ortho intramolecular Hbond substituents is 1. The lowest BCUT2D eigenvalue weighted by atomic mass is 10.1. The Kier molecular flexibility index (Phi) is 4.61. The summed E-state index contributed by atoms with van der Waals surface area (Å²) in [4.78, 5) is 12.1. The molecule has 0 amide bonds. The van der Waals surface area contributed by atoms with Crippen LogP contribution in [0.1, 0.15) is 15.9 Å². The van der Waals surface area contributed by atoms with Crippen LogP contribution < -0.4 is 9.47 Å². The number of methoxy groups -OCH3 is 2. The third-order valence-electron chi connectivity index (χ3n) is 3.02. The lowest BCUT2D eigenvalue weighted by Gasteiger charge is -2.09. The molecule has 2 aromatic carbocycles. The molecule has 0 fully saturated rings. The average Bonchev–Trinajstić information content (AvgIpc) is 2.52. The largest absolute Gasteiger partial charge is 0.507 e. The lowest BCUT2D eigenvalue weighted by Crippen LogP contribution is -1.95. The van der Waals surface area contributed by atoms with E-state index >= 15 is 0 Å². The molecule has 0 aliphatic heterocycles. The first kappa shape index (κ1) is 14.7. The van der Waals surface area contributed by atoms with E-state index < -0.39 is 0 Å². The molecule has 0 aromatic heterocycles. The van der Waals surface area contributed by atoms with E-state index in [0.29, 0.717) is 11.5 Å². The molecule has 0 bridgehead atoms. The molecule has 2 rings (SSSR count). The molecule has 0 saturated carbocycles. The lowest BCUT2D eigenvalue weighted by molar-refractivity contribution is 0.104. The van der Waals surface area contributed by atoms with Gasteiger partial charge in [0.15, 0.2) is 17.3 Å². The topological polar surface area (TPSA) is 55.8 Å². The minimum atomic E-state index is -0.280. The summed E-state index contributed by atoms with van der Waals surface area (Å²) in [5, 5.41) is 9.66. The minimum absolute atomic E-state index is 0.0373. The monoisotopic (exact) mass is 284 g/mol. The van der Waals surface area contributed by atoms with Crippen molar-refractivity contribution in [3.8, 4) is 17.2 Å². The van der Waals surface area contributed by atoms with E-state index in [1.807, 2.05) is 12.1 Å². The maximum absolute atomic E-state index is 12.1. The Labute approximate surface area is 123 Å². The smallest absolute Gasteiger partial charge is 0.189 e. The molecule has 0 saturated heterocycles. The van der Waals surface area contributed by atoms with Crippen molar-refractivity contribution >= 4 is 11.9 Å². The van der Waals surface area contributed by atoms with Gasteiger partial charge in [-0.15, -0.1) is 0 Å². The van der Waals surface area contributed by atoms with Crippen molar-refractivity contribution in [2.75, 3.05) is 14.2 Å². The highest BCUT2D eigenvalue weighted by molar-refractivity contribution is 6.08. The summed E-state index contributed by atoms with van der Waals surface area (Å²) in [6, 6.07) is 11.8.